The van der Waals surface area contributed by atoms with Crippen LogP contribution in [0, 0.1) is 0 Å². The standard InChI is InChI=1S/C20H16N2/c1-4-8-20-14(5-1)11-12-22(20)15-9-10-17-16-6-2-3-7-18(16)21-19(17)13-15/h1-10,13,21H,11-12H2. The number of nitrogens with one attached hydrogen (secondary N) is 1. The van der Waals surface area contributed by atoms with Crippen molar-refractivity contribution in [3.8, 4) is 0 Å². The van der Waals surface area contributed by atoms with Crippen LogP contribution >= 0.6 is 0 Å². The van der Waals surface area contributed by atoms with Gasteiger partial charge in [0.05, 0.1) is 0 Å². The van der Waals surface area contributed by atoms with E-state index < -0.39 is 0 Å². The Balaban J connectivity index is 1.69. The molecule has 22 heavy (non-hydrogen) atoms. The van der Waals surface area contributed by atoms with E-state index in [0.29, 0.717) is 0 Å². The smallest absolute Gasteiger partial charge is 0.0485 e. The van der Waals surface area contributed by atoms with Crippen LogP contribution in [0.5, 0.6) is 0 Å². The number of benzene rings is 3. The molecule has 0 bridgehead atoms. The first-order chi connectivity index (χ1) is 10.9. The fraction of sp³-hybridized carbons (Fsp3) is 0.100. The number of fused-ring (bicyclic) bond motifs is 4. The van der Waals surface area contributed by atoms with E-state index in [1.54, 1.807) is 0 Å². The van der Waals surface area contributed by atoms with E-state index in [-0.39, 0.29) is 0 Å². The first-order valence-corrected chi connectivity index (χ1v) is 7.76. The summed E-state index contributed by atoms with van der Waals surface area (Å²) < 4.78 is 0. The lowest BCUT2D eigenvalue weighted by atomic mass is 10.1. The molecule has 1 N–H and O–H groups in total. The third-order valence-electron chi connectivity index (χ3n) is 4.69. The fourth-order valence-electron chi connectivity index (χ4n) is 3.62. The van der Waals surface area contributed by atoms with Gasteiger partial charge >= 0.3 is 0 Å². The Hall–Kier alpha value is -2.74. The highest BCUT2D eigenvalue weighted by molar-refractivity contribution is 6.08. The predicted molar refractivity (Wildman–Crippen MR) is 93.0 cm³/mol. The number of aromatic amines is 1. The Kier molecular flexibility index (Phi) is 2.36. The van der Waals surface area contributed by atoms with Crippen LogP contribution in [0.15, 0.2) is 66.7 Å². The van der Waals surface area contributed by atoms with Crippen molar-refractivity contribution in [1.82, 2.24) is 4.98 Å². The van der Waals surface area contributed by atoms with Crippen LogP contribution in [0.4, 0.5) is 11.4 Å². The zero-order valence-electron chi connectivity index (χ0n) is 12.2. The van der Waals surface area contributed by atoms with Gasteiger partial charge in [-0.3, -0.25) is 0 Å². The fourth-order valence-corrected chi connectivity index (χ4v) is 3.62. The summed E-state index contributed by atoms with van der Waals surface area (Å²) in [6.07, 6.45) is 1.13. The molecule has 0 fully saturated rings. The Morgan fingerprint density at radius 1 is 0.773 bits per heavy atom. The summed E-state index contributed by atoms with van der Waals surface area (Å²) >= 11 is 0. The molecule has 0 spiro atoms. The number of anilines is 2. The van der Waals surface area contributed by atoms with Gasteiger partial charge in [0.2, 0.25) is 0 Å². The zero-order chi connectivity index (χ0) is 14.5. The molecule has 1 aromatic heterocycles. The lowest BCUT2D eigenvalue weighted by Gasteiger charge is -2.19. The minimum absolute atomic E-state index is 1.06. The zero-order valence-corrected chi connectivity index (χ0v) is 12.2. The van der Waals surface area contributed by atoms with Crippen LogP contribution in [-0.4, -0.2) is 11.5 Å². The monoisotopic (exact) mass is 284 g/mol. The molecule has 0 saturated carbocycles. The Labute approximate surface area is 129 Å². The van der Waals surface area contributed by atoms with Gasteiger partial charge < -0.3 is 9.88 Å². The van der Waals surface area contributed by atoms with Gasteiger partial charge in [-0.25, -0.2) is 0 Å². The number of nitrogens with zero attached hydrogens (tertiary/aromatic N) is 1. The summed E-state index contributed by atoms with van der Waals surface area (Å²) in [5.74, 6) is 0. The largest absolute Gasteiger partial charge is 0.354 e. The van der Waals surface area contributed by atoms with Crippen molar-refractivity contribution in [3.63, 3.8) is 0 Å². The van der Waals surface area contributed by atoms with Gasteiger partial charge in [-0.15, -0.1) is 0 Å². The highest BCUT2D eigenvalue weighted by Gasteiger charge is 2.20. The number of para-hydroxylation sites is 2. The highest BCUT2D eigenvalue weighted by atomic mass is 15.2. The van der Waals surface area contributed by atoms with Crippen LogP contribution in [0.3, 0.4) is 0 Å². The molecular weight excluding hydrogens is 268 g/mol. The maximum Gasteiger partial charge on any atom is 0.0485 e. The minimum atomic E-state index is 1.06. The van der Waals surface area contributed by atoms with Crippen LogP contribution < -0.4 is 4.90 Å². The number of hydrogen-bond acceptors (Lipinski definition) is 1. The molecule has 3 aromatic carbocycles. The molecule has 0 aliphatic carbocycles. The molecule has 5 rings (SSSR count). The molecule has 2 nitrogen and oxygen atoms in total. The van der Waals surface area contributed by atoms with E-state index in [1.165, 1.54) is 38.7 Å². The topological polar surface area (TPSA) is 19.0 Å². The van der Waals surface area contributed by atoms with E-state index in [4.69, 9.17) is 0 Å². The van der Waals surface area contributed by atoms with Crippen LogP contribution in [0.25, 0.3) is 21.8 Å². The van der Waals surface area contributed by atoms with Gasteiger partial charge in [0.15, 0.2) is 0 Å². The van der Waals surface area contributed by atoms with E-state index in [1.807, 2.05) is 0 Å². The predicted octanol–water partition coefficient (Wildman–Crippen LogP) is 5.02. The Morgan fingerprint density at radius 2 is 1.59 bits per heavy atom. The van der Waals surface area contributed by atoms with E-state index in [2.05, 4.69) is 76.6 Å². The maximum atomic E-state index is 3.54. The molecule has 0 unspecified atom stereocenters. The normalized spacial score (nSPS) is 13.9. The van der Waals surface area contributed by atoms with Crippen molar-refractivity contribution in [1.29, 1.82) is 0 Å². The second-order valence-corrected chi connectivity index (χ2v) is 5.93. The second-order valence-electron chi connectivity index (χ2n) is 5.93. The summed E-state index contributed by atoms with van der Waals surface area (Å²) in [5, 5.41) is 2.60. The number of aromatic nitrogens is 1. The van der Waals surface area contributed by atoms with Gasteiger partial charge in [0, 0.05) is 39.7 Å². The van der Waals surface area contributed by atoms with Gasteiger partial charge in [0.25, 0.3) is 0 Å². The molecule has 4 aromatic rings. The molecule has 0 saturated heterocycles. The summed E-state index contributed by atoms with van der Waals surface area (Å²) in [7, 11) is 0. The number of H-pyrrole nitrogens is 1. The molecule has 0 amide bonds. The maximum absolute atomic E-state index is 3.54. The van der Waals surface area contributed by atoms with Gasteiger partial charge in [-0.05, 0) is 36.2 Å². The molecular formula is C20H16N2. The molecule has 1 aliphatic rings. The average Bonchev–Trinajstić information content (AvgIpc) is 3.15. The molecule has 2 heterocycles. The van der Waals surface area contributed by atoms with Crippen LogP contribution in [0.1, 0.15) is 5.56 Å². The van der Waals surface area contributed by atoms with E-state index in [9.17, 15) is 0 Å². The first-order valence-electron chi connectivity index (χ1n) is 7.76. The quantitative estimate of drug-likeness (QED) is 0.520. The van der Waals surface area contributed by atoms with Crippen LogP contribution in [0.2, 0.25) is 0 Å². The number of hydrogen-bond donors (Lipinski definition) is 1. The molecule has 106 valence electrons. The SMILES string of the molecule is c1ccc2c(c1)CCN2c1ccc2c(c1)[nH]c1ccccc12. The Morgan fingerprint density at radius 3 is 2.59 bits per heavy atom. The van der Waals surface area contributed by atoms with Crippen molar-refractivity contribution in [2.45, 2.75) is 6.42 Å². The molecule has 0 atom stereocenters. The molecule has 2 heteroatoms. The van der Waals surface area contributed by atoms with Crippen molar-refractivity contribution in [3.05, 3.63) is 72.3 Å². The third-order valence-corrected chi connectivity index (χ3v) is 4.69. The van der Waals surface area contributed by atoms with Crippen molar-refractivity contribution >= 4 is 33.2 Å². The lowest BCUT2D eigenvalue weighted by Crippen LogP contribution is -2.12. The van der Waals surface area contributed by atoms with Crippen molar-refractivity contribution < 1.29 is 0 Å². The minimum Gasteiger partial charge on any atom is -0.354 e. The molecule has 1 aliphatic heterocycles. The second kappa shape index (κ2) is 4.38. The first kappa shape index (κ1) is 11.9. The van der Waals surface area contributed by atoms with Crippen LogP contribution in [-0.2, 0) is 6.42 Å². The van der Waals surface area contributed by atoms with Gasteiger partial charge in [0.1, 0.15) is 0 Å². The summed E-state index contributed by atoms with van der Waals surface area (Å²) in [4.78, 5) is 5.96. The highest BCUT2D eigenvalue weighted by Crippen LogP contribution is 2.36. The Bertz CT molecular complexity index is 997. The van der Waals surface area contributed by atoms with Crippen molar-refractivity contribution in [2.24, 2.45) is 0 Å². The summed E-state index contributed by atoms with van der Waals surface area (Å²) in [6.45, 7) is 1.06. The molecule has 0 radical (unpaired) electrons. The lowest BCUT2D eigenvalue weighted by molar-refractivity contribution is 0.999. The van der Waals surface area contributed by atoms with Gasteiger partial charge in [-0.2, -0.15) is 0 Å². The van der Waals surface area contributed by atoms with E-state index >= 15 is 0 Å². The summed E-state index contributed by atoms with van der Waals surface area (Å²) in [5.41, 5.74) is 6.47. The van der Waals surface area contributed by atoms with Gasteiger partial charge in [-0.1, -0.05) is 42.5 Å². The third kappa shape index (κ3) is 1.61. The van der Waals surface area contributed by atoms with E-state index in [0.717, 1.165) is 13.0 Å². The van der Waals surface area contributed by atoms with Crippen molar-refractivity contribution in [2.75, 3.05) is 11.4 Å². The summed E-state index contributed by atoms with van der Waals surface area (Å²) in [6, 6.07) is 24.0. The number of rotatable bonds is 1. The average molecular weight is 284 g/mol.